The van der Waals surface area contributed by atoms with Crippen molar-refractivity contribution in [3.05, 3.63) is 53.6 Å². The van der Waals surface area contributed by atoms with E-state index in [0.29, 0.717) is 22.9 Å². The Morgan fingerprint density at radius 1 is 0.958 bits per heavy atom. The molecule has 0 saturated heterocycles. The number of nitrogens with two attached hydrogens (primary N) is 2. The summed E-state index contributed by atoms with van der Waals surface area (Å²) in [6.07, 6.45) is 3.50. The van der Waals surface area contributed by atoms with Crippen LogP contribution in [0.25, 0.3) is 0 Å². The number of rotatable bonds is 3. The van der Waals surface area contributed by atoms with E-state index >= 15 is 0 Å². The Morgan fingerprint density at radius 3 is 2.12 bits per heavy atom. The van der Waals surface area contributed by atoms with Crippen LogP contribution >= 0.6 is 0 Å². The molecule has 0 aliphatic heterocycles. The number of esters is 1. The van der Waals surface area contributed by atoms with Gasteiger partial charge >= 0.3 is 5.97 Å². The Labute approximate surface area is 141 Å². The Balaban J connectivity index is 1.57. The molecule has 1 aliphatic carbocycles. The van der Waals surface area contributed by atoms with Crippen LogP contribution in [0.3, 0.4) is 0 Å². The zero-order valence-electron chi connectivity index (χ0n) is 13.4. The van der Waals surface area contributed by atoms with Crippen molar-refractivity contribution in [2.75, 3.05) is 11.5 Å². The average Bonchev–Trinajstić information content (AvgIpc) is 2.55. The van der Waals surface area contributed by atoms with Crippen LogP contribution in [0.15, 0.2) is 42.5 Å². The number of phenolic OH excluding ortho intramolecular Hbond substituents is 1. The van der Waals surface area contributed by atoms with Crippen molar-refractivity contribution in [1.29, 1.82) is 0 Å². The molecule has 5 heteroatoms. The van der Waals surface area contributed by atoms with E-state index in [4.69, 9.17) is 16.2 Å². The number of benzene rings is 2. The Hall–Kier alpha value is -2.69. The van der Waals surface area contributed by atoms with E-state index in [0.717, 1.165) is 25.7 Å². The zero-order valence-corrected chi connectivity index (χ0v) is 13.4. The van der Waals surface area contributed by atoms with E-state index < -0.39 is 0 Å². The van der Waals surface area contributed by atoms with E-state index in [1.54, 1.807) is 30.3 Å². The first-order valence-electron chi connectivity index (χ1n) is 8.17. The quantitative estimate of drug-likeness (QED) is 0.593. The van der Waals surface area contributed by atoms with Crippen LogP contribution in [0.2, 0.25) is 0 Å². The van der Waals surface area contributed by atoms with Gasteiger partial charge in [-0.05, 0) is 67.5 Å². The molecule has 0 bridgehead atoms. The van der Waals surface area contributed by atoms with Crippen LogP contribution in [0.4, 0.5) is 11.4 Å². The van der Waals surface area contributed by atoms with Crippen LogP contribution < -0.4 is 11.5 Å². The molecular weight excluding hydrogens is 304 g/mol. The second-order valence-corrected chi connectivity index (χ2v) is 6.36. The van der Waals surface area contributed by atoms with Gasteiger partial charge in [-0.25, -0.2) is 4.79 Å². The summed E-state index contributed by atoms with van der Waals surface area (Å²) < 4.78 is 5.60. The molecule has 1 saturated carbocycles. The van der Waals surface area contributed by atoms with Crippen molar-refractivity contribution in [2.24, 2.45) is 0 Å². The largest absolute Gasteiger partial charge is 0.508 e. The first-order valence-corrected chi connectivity index (χ1v) is 8.17. The van der Waals surface area contributed by atoms with Gasteiger partial charge < -0.3 is 21.3 Å². The van der Waals surface area contributed by atoms with Gasteiger partial charge in [0.05, 0.1) is 5.56 Å². The maximum Gasteiger partial charge on any atom is 0.338 e. The number of carbonyl (C=O) groups excluding carboxylic acids is 1. The molecule has 5 nitrogen and oxygen atoms in total. The molecule has 0 radical (unpaired) electrons. The minimum absolute atomic E-state index is 0.0754. The molecule has 0 spiro atoms. The molecule has 5 N–H and O–H groups in total. The van der Waals surface area contributed by atoms with Crippen molar-refractivity contribution in [2.45, 2.75) is 37.7 Å². The molecule has 1 fully saturated rings. The number of carbonyl (C=O) groups is 1. The molecule has 0 atom stereocenters. The highest BCUT2D eigenvalue weighted by Crippen LogP contribution is 2.35. The molecular formula is C19H22N2O3. The van der Waals surface area contributed by atoms with E-state index in [1.807, 2.05) is 12.1 Å². The first-order chi connectivity index (χ1) is 11.5. The monoisotopic (exact) mass is 326 g/mol. The van der Waals surface area contributed by atoms with Gasteiger partial charge in [-0.15, -0.1) is 0 Å². The number of hydrogen-bond donors (Lipinski definition) is 3. The van der Waals surface area contributed by atoms with Gasteiger partial charge in [0, 0.05) is 11.4 Å². The highest BCUT2D eigenvalue weighted by molar-refractivity contribution is 5.91. The highest BCUT2D eigenvalue weighted by atomic mass is 16.5. The SMILES string of the molecule is Nc1cc(N)cc(C(=O)OC2CCC(c3ccc(O)cc3)CC2)c1. The fraction of sp³-hybridized carbons (Fsp3) is 0.316. The van der Waals surface area contributed by atoms with Crippen LogP contribution in [-0.4, -0.2) is 17.2 Å². The zero-order chi connectivity index (χ0) is 17.1. The minimum atomic E-state index is -0.373. The molecule has 3 rings (SSSR count). The lowest BCUT2D eigenvalue weighted by Gasteiger charge is -2.28. The van der Waals surface area contributed by atoms with E-state index in [-0.39, 0.29) is 17.8 Å². The fourth-order valence-corrected chi connectivity index (χ4v) is 3.27. The number of hydrogen-bond acceptors (Lipinski definition) is 5. The molecule has 0 unspecified atom stereocenters. The van der Waals surface area contributed by atoms with Crippen molar-refractivity contribution in [1.82, 2.24) is 0 Å². The summed E-state index contributed by atoms with van der Waals surface area (Å²) in [6, 6.07) is 12.1. The summed E-state index contributed by atoms with van der Waals surface area (Å²) in [5, 5.41) is 9.37. The third-order valence-electron chi connectivity index (χ3n) is 4.53. The lowest BCUT2D eigenvalue weighted by atomic mass is 9.83. The first kappa shape index (κ1) is 16.2. The van der Waals surface area contributed by atoms with Crippen LogP contribution in [0, 0.1) is 0 Å². The van der Waals surface area contributed by atoms with E-state index in [1.165, 1.54) is 5.56 Å². The van der Waals surface area contributed by atoms with Gasteiger partial charge in [-0.3, -0.25) is 0 Å². The topological polar surface area (TPSA) is 98.6 Å². The number of aromatic hydroxyl groups is 1. The van der Waals surface area contributed by atoms with Gasteiger partial charge in [-0.1, -0.05) is 12.1 Å². The third kappa shape index (κ3) is 3.79. The van der Waals surface area contributed by atoms with Crippen LogP contribution in [0.1, 0.15) is 47.5 Å². The number of ether oxygens (including phenoxy) is 1. The molecule has 1 aliphatic rings. The Kier molecular flexibility index (Phi) is 4.60. The van der Waals surface area contributed by atoms with Crippen molar-refractivity contribution in [3.63, 3.8) is 0 Å². The molecule has 2 aromatic carbocycles. The van der Waals surface area contributed by atoms with Crippen LogP contribution in [-0.2, 0) is 4.74 Å². The Bertz CT molecular complexity index is 700. The normalized spacial score (nSPS) is 20.5. The third-order valence-corrected chi connectivity index (χ3v) is 4.53. The predicted molar refractivity (Wildman–Crippen MR) is 93.8 cm³/mol. The Morgan fingerprint density at radius 2 is 1.54 bits per heavy atom. The van der Waals surface area contributed by atoms with Crippen molar-refractivity contribution in [3.8, 4) is 5.75 Å². The van der Waals surface area contributed by atoms with Crippen LogP contribution in [0.5, 0.6) is 5.75 Å². The number of anilines is 2. The predicted octanol–water partition coefficient (Wildman–Crippen LogP) is 3.44. The maximum atomic E-state index is 12.2. The van der Waals surface area contributed by atoms with Gasteiger partial charge in [-0.2, -0.15) is 0 Å². The molecule has 0 aromatic heterocycles. The molecule has 0 heterocycles. The molecule has 126 valence electrons. The lowest BCUT2D eigenvalue weighted by Crippen LogP contribution is -2.24. The minimum Gasteiger partial charge on any atom is -0.508 e. The standard InChI is InChI=1S/C19H22N2O3/c20-15-9-14(10-16(21)11-15)19(23)24-18-7-3-13(4-8-18)12-1-5-17(22)6-2-12/h1-2,5-6,9-11,13,18,22H,3-4,7-8,20-21H2. The fourth-order valence-electron chi connectivity index (χ4n) is 3.27. The molecule has 2 aromatic rings. The number of phenols is 1. The van der Waals surface area contributed by atoms with Gasteiger partial charge in [0.2, 0.25) is 0 Å². The summed E-state index contributed by atoms with van der Waals surface area (Å²) in [5.74, 6) is 0.355. The summed E-state index contributed by atoms with van der Waals surface area (Å²) in [7, 11) is 0. The second kappa shape index (κ2) is 6.83. The highest BCUT2D eigenvalue weighted by Gasteiger charge is 2.25. The smallest absolute Gasteiger partial charge is 0.338 e. The maximum absolute atomic E-state index is 12.2. The summed E-state index contributed by atoms with van der Waals surface area (Å²) in [6.45, 7) is 0. The lowest BCUT2D eigenvalue weighted by molar-refractivity contribution is 0.0195. The average molecular weight is 326 g/mol. The second-order valence-electron chi connectivity index (χ2n) is 6.36. The van der Waals surface area contributed by atoms with E-state index in [9.17, 15) is 9.90 Å². The van der Waals surface area contributed by atoms with Crippen molar-refractivity contribution >= 4 is 17.3 Å². The number of nitrogen functional groups attached to an aromatic ring is 2. The van der Waals surface area contributed by atoms with Gasteiger partial charge in [0.25, 0.3) is 0 Å². The van der Waals surface area contributed by atoms with Gasteiger partial charge in [0.15, 0.2) is 0 Å². The van der Waals surface area contributed by atoms with E-state index in [2.05, 4.69) is 0 Å². The summed E-state index contributed by atoms with van der Waals surface area (Å²) >= 11 is 0. The van der Waals surface area contributed by atoms with Crippen molar-refractivity contribution < 1.29 is 14.6 Å². The molecule has 24 heavy (non-hydrogen) atoms. The summed E-state index contributed by atoms with van der Waals surface area (Å²) in [4.78, 5) is 12.2. The van der Waals surface area contributed by atoms with Gasteiger partial charge in [0.1, 0.15) is 11.9 Å². The molecule has 0 amide bonds. The summed E-state index contributed by atoms with van der Waals surface area (Å²) in [5.41, 5.74) is 14.0.